The summed E-state index contributed by atoms with van der Waals surface area (Å²) in [5.41, 5.74) is -0.783. The van der Waals surface area contributed by atoms with Gasteiger partial charge in [-0.15, -0.1) is 0 Å². The van der Waals surface area contributed by atoms with Gasteiger partial charge in [-0.25, -0.2) is 0 Å². The van der Waals surface area contributed by atoms with Gasteiger partial charge in [0.1, 0.15) is 5.54 Å². The SMILES string of the molecule is COCC1(C(=O)O)CCN1. The first-order valence-electron chi connectivity index (χ1n) is 3.19. The van der Waals surface area contributed by atoms with Gasteiger partial charge in [0.25, 0.3) is 0 Å². The lowest BCUT2D eigenvalue weighted by atomic mass is 9.89. The number of aliphatic carboxylic acids is 1. The zero-order valence-electron chi connectivity index (χ0n) is 5.89. The minimum absolute atomic E-state index is 0.252. The maximum Gasteiger partial charge on any atom is 0.326 e. The van der Waals surface area contributed by atoms with Gasteiger partial charge in [-0.2, -0.15) is 0 Å². The Morgan fingerprint density at radius 1 is 1.90 bits per heavy atom. The Hall–Kier alpha value is -0.610. The van der Waals surface area contributed by atoms with E-state index in [0.29, 0.717) is 6.42 Å². The minimum atomic E-state index is -0.819. The molecule has 1 saturated heterocycles. The zero-order valence-corrected chi connectivity index (χ0v) is 5.89. The Balaban J connectivity index is 2.50. The molecule has 1 aliphatic rings. The molecule has 1 heterocycles. The van der Waals surface area contributed by atoms with Gasteiger partial charge in [0.2, 0.25) is 0 Å². The molecule has 0 amide bonds. The van der Waals surface area contributed by atoms with Gasteiger partial charge in [0.15, 0.2) is 0 Å². The summed E-state index contributed by atoms with van der Waals surface area (Å²) in [6.07, 6.45) is 0.663. The van der Waals surface area contributed by atoms with Crippen molar-refractivity contribution in [1.29, 1.82) is 0 Å². The third-order valence-corrected chi connectivity index (χ3v) is 1.82. The van der Waals surface area contributed by atoms with Crippen molar-refractivity contribution in [3.8, 4) is 0 Å². The van der Waals surface area contributed by atoms with E-state index in [1.807, 2.05) is 0 Å². The molecule has 0 spiro atoms. The predicted octanol–water partition coefficient (Wildman–Crippen LogP) is -0.551. The van der Waals surface area contributed by atoms with Gasteiger partial charge in [-0.1, -0.05) is 0 Å². The Morgan fingerprint density at radius 3 is 2.60 bits per heavy atom. The van der Waals surface area contributed by atoms with E-state index >= 15 is 0 Å². The summed E-state index contributed by atoms with van der Waals surface area (Å²) >= 11 is 0. The molecule has 1 atom stereocenters. The molecular formula is C6H11NO3. The predicted molar refractivity (Wildman–Crippen MR) is 34.9 cm³/mol. The second-order valence-corrected chi connectivity index (χ2v) is 2.50. The van der Waals surface area contributed by atoms with E-state index in [9.17, 15) is 4.79 Å². The fourth-order valence-electron chi connectivity index (χ4n) is 1.04. The molecule has 0 saturated carbocycles. The molecule has 1 aliphatic heterocycles. The number of carboxylic acid groups (broad SMARTS) is 1. The summed E-state index contributed by atoms with van der Waals surface area (Å²) in [7, 11) is 1.50. The molecule has 0 radical (unpaired) electrons. The van der Waals surface area contributed by atoms with Gasteiger partial charge >= 0.3 is 5.97 Å². The van der Waals surface area contributed by atoms with Crippen molar-refractivity contribution in [2.24, 2.45) is 0 Å². The van der Waals surface area contributed by atoms with Crippen molar-refractivity contribution in [2.45, 2.75) is 12.0 Å². The maximum atomic E-state index is 10.6. The van der Waals surface area contributed by atoms with Crippen LogP contribution in [0.5, 0.6) is 0 Å². The van der Waals surface area contributed by atoms with Gasteiger partial charge in [0.05, 0.1) is 6.61 Å². The average Bonchev–Trinajstić information content (AvgIpc) is 1.77. The van der Waals surface area contributed by atoms with Crippen LogP contribution in [0.25, 0.3) is 0 Å². The molecule has 1 unspecified atom stereocenters. The fourth-order valence-corrected chi connectivity index (χ4v) is 1.04. The normalized spacial score (nSPS) is 31.3. The number of methoxy groups -OCH3 is 1. The van der Waals surface area contributed by atoms with Crippen molar-refractivity contribution in [1.82, 2.24) is 5.32 Å². The summed E-state index contributed by atoms with van der Waals surface area (Å²) in [5, 5.41) is 11.5. The van der Waals surface area contributed by atoms with E-state index in [4.69, 9.17) is 9.84 Å². The van der Waals surface area contributed by atoms with E-state index in [1.54, 1.807) is 0 Å². The fraction of sp³-hybridized carbons (Fsp3) is 0.833. The zero-order chi connectivity index (χ0) is 7.61. The molecule has 4 nitrogen and oxygen atoms in total. The maximum absolute atomic E-state index is 10.6. The summed E-state index contributed by atoms with van der Waals surface area (Å²) in [6.45, 7) is 1.03. The molecule has 10 heavy (non-hydrogen) atoms. The molecule has 0 aliphatic carbocycles. The molecule has 2 N–H and O–H groups in total. The van der Waals surface area contributed by atoms with Crippen LogP contribution in [0, 0.1) is 0 Å². The molecule has 0 aromatic rings. The number of hydrogen-bond acceptors (Lipinski definition) is 3. The van der Waals surface area contributed by atoms with E-state index in [1.165, 1.54) is 7.11 Å². The molecule has 1 rings (SSSR count). The largest absolute Gasteiger partial charge is 0.480 e. The number of rotatable bonds is 3. The van der Waals surface area contributed by atoms with Crippen molar-refractivity contribution in [2.75, 3.05) is 20.3 Å². The Bertz CT molecular complexity index is 142. The van der Waals surface area contributed by atoms with E-state index < -0.39 is 11.5 Å². The summed E-state index contributed by atoms with van der Waals surface area (Å²) in [6, 6.07) is 0. The van der Waals surface area contributed by atoms with Gasteiger partial charge < -0.3 is 9.84 Å². The molecule has 4 heteroatoms. The number of nitrogens with one attached hydrogen (secondary N) is 1. The monoisotopic (exact) mass is 145 g/mol. The topological polar surface area (TPSA) is 58.6 Å². The molecule has 58 valence electrons. The van der Waals surface area contributed by atoms with Crippen LogP contribution >= 0.6 is 0 Å². The quantitative estimate of drug-likeness (QED) is 0.559. The lowest BCUT2D eigenvalue weighted by Gasteiger charge is -2.38. The number of ether oxygens (including phenoxy) is 1. The second-order valence-electron chi connectivity index (χ2n) is 2.50. The third-order valence-electron chi connectivity index (χ3n) is 1.82. The summed E-state index contributed by atoms with van der Waals surface area (Å²) in [4.78, 5) is 10.6. The van der Waals surface area contributed by atoms with Gasteiger partial charge in [-0.05, 0) is 13.0 Å². The van der Waals surface area contributed by atoms with Gasteiger partial charge in [0, 0.05) is 7.11 Å². The van der Waals surface area contributed by atoms with Crippen LogP contribution in [0.3, 0.4) is 0 Å². The van der Waals surface area contributed by atoms with Crippen LogP contribution in [0.4, 0.5) is 0 Å². The Labute approximate surface area is 59.2 Å². The van der Waals surface area contributed by atoms with E-state index in [-0.39, 0.29) is 6.61 Å². The van der Waals surface area contributed by atoms with Crippen molar-refractivity contribution in [3.63, 3.8) is 0 Å². The summed E-state index contributed by atoms with van der Waals surface area (Å²) < 4.78 is 4.77. The van der Waals surface area contributed by atoms with Crippen molar-refractivity contribution < 1.29 is 14.6 Å². The number of hydrogen-bond donors (Lipinski definition) is 2. The van der Waals surface area contributed by atoms with Gasteiger partial charge in [-0.3, -0.25) is 10.1 Å². The lowest BCUT2D eigenvalue weighted by molar-refractivity contribution is -0.151. The highest BCUT2D eigenvalue weighted by Gasteiger charge is 2.44. The van der Waals surface area contributed by atoms with E-state index in [2.05, 4.69) is 5.32 Å². The molecule has 0 bridgehead atoms. The van der Waals surface area contributed by atoms with Crippen molar-refractivity contribution >= 4 is 5.97 Å². The molecule has 0 aromatic heterocycles. The van der Waals surface area contributed by atoms with Crippen LogP contribution in [0.15, 0.2) is 0 Å². The summed E-state index contributed by atoms with van der Waals surface area (Å²) in [5.74, 6) is -0.819. The lowest BCUT2D eigenvalue weighted by Crippen LogP contribution is -2.64. The van der Waals surface area contributed by atoms with Crippen LogP contribution in [0.1, 0.15) is 6.42 Å². The molecular weight excluding hydrogens is 134 g/mol. The second kappa shape index (κ2) is 2.56. The van der Waals surface area contributed by atoms with Crippen LogP contribution in [-0.4, -0.2) is 36.9 Å². The molecule has 1 fully saturated rings. The van der Waals surface area contributed by atoms with Crippen molar-refractivity contribution in [3.05, 3.63) is 0 Å². The molecule has 0 aromatic carbocycles. The van der Waals surface area contributed by atoms with Crippen LogP contribution < -0.4 is 5.32 Å². The van der Waals surface area contributed by atoms with E-state index in [0.717, 1.165) is 6.54 Å². The standard InChI is InChI=1S/C6H11NO3/c1-10-4-6(5(8)9)2-3-7-6/h7H,2-4H2,1H3,(H,8,9). The first kappa shape index (κ1) is 7.50. The third kappa shape index (κ3) is 0.998. The number of carbonyl (C=O) groups is 1. The Kier molecular flexibility index (Phi) is 1.92. The number of carboxylic acids is 1. The highest BCUT2D eigenvalue weighted by Crippen LogP contribution is 2.18. The first-order valence-corrected chi connectivity index (χ1v) is 3.19. The minimum Gasteiger partial charge on any atom is -0.480 e. The van der Waals surface area contributed by atoms with Crippen LogP contribution in [-0.2, 0) is 9.53 Å². The first-order chi connectivity index (χ1) is 4.71. The highest BCUT2D eigenvalue weighted by atomic mass is 16.5. The highest BCUT2D eigenvalue weighted by molar-refractivity contribution is 5.80. The van der Waals surface area contributed by atoms with Crippen LogP contribution in [0.2, 0.25) is 0 Å². The smallest absolute Gasteiger partial charge is 0.326 e. The Morgan fingerprint density at radius 2 is 2.50 bits per heavy atom. The average molecular weight is 145 g/mol.